The lowest BCUT2D eigenvalue weighted by Gasteiger charge is -2.34. The Morgan fingerprint density at radius 1 is 0.871 bits per heavy atom. The van der Waals surface area contributed by atoms with Gasteiger partial charge in [0.1, 0.15) is 0 Å². The molecule has 3 aromatic rings. The largest absolute Gasteiger partial charge is 0.343 e. The van der Waals surface area contributed by atoms with E-state index in [1.165, 1.54) is 0 Å². The first-order valence-electron chi connectivity index (χ1n) is 10.0. The topological polar surface area (TPSA) is 78.4 Å². The van der Waals surface area contributed by atoms with Crippen LogP contribution in [0.3, 0.4) is 0 Å². The molecule has 2 amide bonds. The Morgan fingerprint density at radius 3 is 2.13 bits per heavy atom. The van der Waals surface area contributed by atoms with Gasteiger partial charge >= 0.3 is 0 Å². The molecule has 0 aliphatic carbocycles. The Hall–Kier alpha value is -3.26. The lowest BCUT2D eigenvalue weighted by atomic mass is 10.0. The molecule has 0 unspecified atom stereocenters. The molecule has 0 saturated carbocycles. The maximum Gasteiger partial charge on any atom is 0.251 e. The first-order valence-corrected chi connectivity index (χ1v) is 10.8. The molecule has 1 aromatic heterocycles. The van der Waals surface area contributed by atoms with Crippen LogP contribution in [0.5, 0.6) is 0 Å². The minimum absolute atomic E-state index is 0.0198. The van der Waals surface area contributed by atoms with E-state index in [9.17, 15) is 9.59 Å². The Kier molecular flexibility index (Phi) is 6.57. The molecule has 158 valence electrons. The van der Waals surface area contributed by atoms with E-state index in [0.717, 1.165) is 15.6 Å². The molecule has 1 aliphatic rings. The van der Waals surface area contributed by atoms with Crippen molar-refractivity contribution in [2.45, 2.75) is 0 Å². The zero-order valence-electron chi connectivity index (χ0n) is 16.9. The highest BCUT2D eigenvalue weighted by atomic mass is 79.9. The predicted octanol–water partition coefficient (Wildman–Crippen LogP) is 2.98. The smallest absolute Gasteiger partial charge is 0.251 e. The summed E-state index contributed by atoms with van der Waals surface area (Å²) in [6, 6.07) is 17.4. The highest BCUT2D eigenvalue weighted by Crippen LogP contribution is 2.19. The van der Waals surface area contributed by atoms with Crippen molar-refractivity contribution >= 4 is 33.7 Å². The van der Waals surface area contributed by atoms with E-state index in [2.05, 4.69) is 31.2 Å². The Bertz CT molecular complexity index is 1030. The van der Waals surface area contributed by atoms with Crippen molar-refractivity contribution in [1.82, 2.24) is 20.2 Å². The summed E-state index contributed by atoms with van der Waals surface area (Å²) in [5, 5.41) is 2.73. The van der Waals surface area contributed by atoms with Gasteiger partial charge in [0.15, 0.2) is 0 Å². The third kappa shape index (κ3) is 5.27. The second kappa shape index (κ2) is 9.70. The molecule has 1 saturated heterocycles. The van der Waals surface area contributed by atoms with Crippen LogP contribution in [0.15, 0.2) is 71.5 Å². The van der Waals surface area contributed by atoms with Crippen LogP contribution in [-0.4, -0.2) is 59.4 Å². The van der Waals surface area contributed by atoms with Gasteiger partial charge in [0.25, 0.3) is 5.91 Å². The van der Waals surface area contributed by atoms with E-state index in [4.69, 9.17) is 0 Å². The van der Waals surface area contributed by atoms with Crippen molar-refractivity contribution in [2.24, 2.45) is 0 Å². The van der Waals surface area contributed by atoms with Crippen LogP contribution in [0.1, 0.15) is 10.4 Å². The Morgan fingerprint density at radius 2 is 1.48 bits per heavy atom. The minimum Gasteiger partial charge on any atom is -0.343 e. The maximum atomic E-state index is 12.5. The summed E-state index contributed by atoms with van der Waals surface area (Å²) in [6.45, 7) is 2.43. The Labute approximate surface area is 189 Å². The van der Waals surface area contributed by atoms with Crippen LogP contribution in [0.4, 0.5) is 5.95 Å². The molecule has 31 heavy (non-hydrogen) atoms. The van der Waals surface area contributed by atoms with Crippen molar-refractivity contribution in [3.05, 3.63) is 77.0 Å². The second-order valence-corrected chi connectivity index (χ2v) is 8.11. The molecule has 1 aliphatic heterocycles. The van der Waals surface area contributed by atoms with Gasteiger partial charge in [0, 0.05) is 44.1 Å². The van der Waals surface area contributed by atoms with Crippen LogP contribution in [0.2, 0.25) is 0 Å². The van der Waals surface area contributed by atoms with Gasteiger partial charge < -0.3 is 15.1 Å². The van der Waals surface area contributed by atoms with E-state index in [-0.39, 0.29) is 18.4 Å². The summed E-state index contributed by atoms with van der Waals surface area (Å²) < 4.78 is 0.829. The fourth-order valence-electron chi connectivity index (χ4n) is 3.44. The molecule has 2 heterocycles. The third-order valence-electron chi connectivity index (χ3n) is 5.18. The highest BCUT2D eigenvalue weighted by molar-refractivity contribution is 9.10. The van der Waals surface area contributed by atoms with Crippen molar-refractivity contribution in [2.75, 3.05) is 37.6 Å². The summed E-state index contributed by atoms with van der Waals surface area (Å²) in [5.41, 5.74) is 2.67. The molecule has 1 N–H and O–H groups in total. The van der Waals surface area contributed by atoms with Gasteiger partial charge in [-0.15, -0.1) is 0 Å². The molecule has 0 spiro atoms. The SMILES string of the molecule is O=C(NCC(=O)N1CCN(c2ncc(Br)cn2)CC1)c1ccc(-c2ccccc2)cc1. The standard InChI is InChI=1S/C23H22BrN5O2/c24-20-14-26-23(27-15-20)29-12-10-28(11-13-29)21(30)16-25-22(31)19-8-6-18(7-9-19)17-4-2-1-3-5-17/h1-9,14-15H,10-13,16H2,(H,25,31). The van der Waals surface area contributed by atoms with Gasteiger partial charge in [-0.25, -0.2) is 9.97 Å². The summed E-state index contributed by atoms with van der Waals surface area (Å²) in [7, 11) is 0. The summed E-state index contributed by atoms with van der Waals surface area (Å²) in [5.74, 6) is 0.308. The molecular weight excluding hydrogens is 458 g/mol. The molecule has 0 bridgehead atoms. The fraction of sp³-hybridized carbons (Fsp3) is 0.217. The number of anilines is 1. The first kappa shape index (κ1) is 21.0. The molecule has 8 heteroatoms. The van der Waals surface area contributed by atoms with Gasteiger partial charge in [-0.2, -0.15) is 0 Å². The number of aromatic nitrogens is 2. The number of hydrogen-bond acceptors (Lipinski definition) is 5. The van der Waals surface area contributed by atoms with Crippen molar-refractivity contribution < 1.29 is 9.59 Å². The molecule has 1 fully saturated rings. The number of amides is 2. The quantitative estimate of drug-likeness (QED) is 0.608. The normalized spacial score (nSPS) is 13.7. The average Bonchev–Trinajstić information content (AvgIpc) is 2.83. The maximum absolute atomic E-state index is 12.5. The molecule has 0 radical (unpaired) electrons. The molecule has 2 aromatic carbocycles. The van der Waals surface area contributed by atoms with Crippen LogP contribution in [0.25, 0.3) is 11.1 Å². The number of nitrogens with zero attached hydrogens (tertiary/aromatic N) is 4. The highest BCUT2D eigenvalue weighted by Gasteiger charge is 2.22. The lowest BCUT2D eigenvalue weighted by molar-refractivity contribution is -0.130. The summed E-state index contributed by atoms with van der Waals surface area (Å²) in [6.07, 6.45) is 3.42. The first-order chi connectivity index (χ1) is 15.1. The summed E-state index contributed by atoms with van der Waals surface area (Å²) in [4.78, 5) is 37.3. The van der Waals surface area contributed by atoms with Crippen LogP contribution in [0, 0.1) is 0 Å². The van der Waals surface area contributed by atoms with Crippen LogP contribution >= 0.6 is 15.9 Å². The number of carbonyl (C=O) groups excluding carboxylic acids is 2. The number of halogens is 1. The number of carbonyl (C=O) groups is 2. The third-order valence-corrected chi connectivity index (χ3v) is 5.59. The van der Waals surface area contributed by atoms with Gasteiger partial charge in [-0.3, -0.25) is 9.59 Å². The molecule has 0 atom stereocenters. The number of nitrogens with one attached hydrogen (secondary N) is 1. The van der Waals surface area contributed by atoms with Crippen LogP contribution in [-0.2, 0) is 4.79 Å². The lowest BCUT2D eigenvalue weighted by Crippen LogP contribution is -2.51. The number of benzene rings is 2. The van der Waals surface area contributed by atoms with Crippen LogP contribution < -0.4 is 10.2 Å². The minimum atomic E-state index is -0.255. The fourth-order valence-corrected chi connectivity index (χ4v) is 3.64. The van der Waals surface area contributed by atoms with E-state index in [0.29, 0.717) is 37.7 Å². The Balaban J connectivity index is 1.26. The summed E-state index contributed by atoms with van der Waals surface area (Å²) >= 11 is 3.33. The van der Waals surface area contributed by atoms with Gasteiger partial charge in [0.2, 0.25) is 11.9 Å². The van der Waals surface area contributed by atoms with Crippen molar-refractivity contribution in [1.29, 1.82) is 0 Å². The number of rotatable bonds is 5. The number of hydrogen-bond donors (Lipinski definition) is 1. The predicted molar refractivity (Wildman–Crippen MR) is 123 cm³/mol. The van der Waals surface area contributed by atoms with E-state index in [1.807, 2.05) is 47.4 Å². The molecule has 4 rings (SSSR count). The average molecular weight is 480 g/mol. The zero-order valence-corrected chi connectivity index (χ0v) is 18.5. The molecule has 7 nitrogen and oxygen atoms in total. The van der Waals surface area contributed by atoms with Gasteiger partial charge in [0.05, 0.1) is 11.0 Å². The van der Waals surface area contributed by atoms with Gasteiger partial charge in [-0.1, -0.05) is 42.5 Å². The zero-order chi connectivity index (χ0) is 21.6. The van der Waals surface area contributed by atoms with E-state index >= 15 is 0 Å². The number of piperazine rings is 1. The van der Waals surface area contributed by atoms with Crippen molar-refractivity contribution in [3.8, 4) is 11.1 Å². The van der Waals surface area contributed by atoms with Gasteiger partial charge in [-0.05, 0) is 39.2 Å². The second-order valence-electron chi connectivity index (χ2n) is 7.20. The molecular formula is C23H22BrN5O2. The van der Waals surface area contributed by atoms with Crippen molar-refractivity contribution in [3.63, 3.8) is 0 Å². The van der Waals surface area contributed by atoms with E-state index in [1.54, 1.807) is 29.4 Å². The van der Waals surface area contributed by atoms with E-state index < -0.39 is 0 Å². The monoisotopic (exact) mass is 479 g/mol.